The molecule has 2 atom stereocenters. The van der Waals surface area contributed by atoms with Crippen LogP contribution in [0.25, 0.3) is 0 Å². The van der Waals surface area contributed by atoms with Crippen LogP contribution >= 0.6 is 11.6 Å². The molecule has 1 aromatic carbocycles. The lowest BCUT2D eigenvalue weighted by atomic mass is 9.82. The Hall–Kier alpha value is -0.570. The van der Waals surface area contributed by atoms with Crippen molar-refractivity contribution in [1.82, 2.24) is 5.32 Å². The molecule has 0 spiro atoms. The van der Waals surface area contributed by atoms with Crippen molar-refractivity contribution in [2.24, 2.45) is 0 Å². The number of rotatable bonds is 0. The molecule has 2 aliphatic heterocycles. The highest BCUT2D eigenvalue weighted by atomic mass is 35.5. The van der Waals surface area contributed by atoms with Gasteiger partial charge in [-0.2, -0.15) is 0 Å². The molecule has 0 amide bonds. The average Bonchev–Trinajstić information content (AvgIpc) is 2.33. The molecule has 3 heteroatoms. The van der Waals surface area contributed by atoms with Gasteiger partial charge in [0.05, 0.1) is 12.7 Å². The number of nitrogens with one attached hydrogen (secondary N) is 1. The zero-order valence-corrected chi connectivity index (χ0v) is 10.2. The molecule has 1 fully saturated rings. The van der Waals surface area contributed by atoms with Crippen LogP contribution in [0.1, 0.15) is 29.0 Å². The van der Waals surface area contributed by atoms with Crippen LogP contribution in [0.2, 0.25) is 5.02 Å². The third-order valence-corrected chi connectivity index (χ3v) is 4.10. The number of fused-ring (bicyclic) bond motifs is 3. The summed E-state index contributed by atoms with van der Waals surface area (Å²) < 4.78 is 5.92. The second-order valence-electron chi connectivity index (χ2n) is 4.71. The maximum absolute atomic E-state index is 6.24. The van der Waals surface area contributed by atoms with E-state index in [1.807, 2.05) is 6.07 Å². The molecular weight excluding hydrogens is 222 g/mol. The van der Waals surface area contributed by atoms with Crippen molar-refractivity contribution >= 4 is 11.6 Å². The third-order valence-electron chi connectivity index (χ3n) is 3.75. The van der Waals surface area contributed by atoms with E-state index in [-0.39, 0.29) is 0 Å². The second-order valence-corrected chi connectivity index (χ2v) is 5.11. The fourth-order valence-electron chi connectivity index (χ4n) is 2.93. The molecule has 3 rings (SSSR count). The first kappa shape index (κ1) is 10.6. The number of benzene rings is 1. The van der Waals surface area contributed by atoms with Crippen LogP contribution in [-0.2, 0) is 11.3 Å². The molecule has 0 radical (unpaired) electrons. The minimum absolute atomic E-state index is 0.380. The maximum Gasteiger partial charge on any atom is 0.0738 e. The molecule has 86 valence electrons. The number of hydrogen-bond donors (Lipinski definition) is 1. The molecule has 0 aliphatic carbocycles. The molecule has 0 unspecified atom stereocenters. The van der Waals surface area contributed by atoms with E-state index in [1.54, 1.807) is 0 Å². The molecule has 1 saturated heterocycles. The Morgan fingerprint density at radius 2 is 2.31 bits per heavy atom. The summed E-state index contributed by atoms with van der Waals surface area (Å²) in [6, 6.07) is 4.10. The second kappa shape index (κ2) is 4.02. The van der Waals surface area contributed by atoms with Gasteiger partial charge in [0, 0.05) is 23.0 Å². The standard InChI is InChI=1S/C13H16ClNO/c1-8-2-3-11(14)10-7-16-12-4-5-15-6-9(12)13(8)10/h2-3,9,12,15H,4-7H2,1H3/t9-,12+/m0/s1. The Bertz CT molecular complexity index is 419. The van der Waals surface area contributed by atoms with Crippen LogP contribution < -0.4 is 5.32 Å². The summed E-state index contributed by atoms with van der Waals surface area (Å²) in [7, 11) is 0. The SMILES string of the molecule is Cc1ccc(Cl)c2c1[C@H]1CNCC[C@H]1OC2. The first-order valence-corrected chi connectivity index (χ1v) is 6.25. The van der Waals surface area contributed by atoms with Crippen molar-refractivity contribution in [2.45, 2.75) is 32.0 Å². The predicted octanol–water partition coefficient (Wildman–Crippen LogP) is 2.62. The lowest BCUT2D eigenvalue weighted by Gasteiger charge is -2.38. The van der Waals surface area contributed by atoms with Gasteiger partial charge in [0.25, 0.3) is 0 Å². The summed E-state index contributed by atoms with van der Waals surface area (Å²) in [4.78, 5) is 0. The van der Waals surface area contributed by atoms with Gasteiger partial charge in [-0.25, -0.2) is 0 Å². The Morgan fingerprint density at radius 1 is 1.44 bits per heavy atom. The van der Waals surface area contributed by atoms with Crippen molar-refractivity contribution in [3.05, 3.63) is 33.8 Å². The normalized spacial score (nSPS) is 28.4. The van der Waals surface area contributed by atoms with Gasteiger partial charge in [-0.3, -0.25) is 0 Å². The molecule has 0 bridgehead atoms. The van der Waals surface area contributed by atoms with E-state index < -0.39 is 0 Å². The summed E-state index contributed by atoms with van der Waals surface area (Å²) in [6.45, 7) is 4.93. The molecule has 0 aromatic heterocycles. The van der Waals surface area contributed by atoms with Crippen LogP contribution in [-0.4, -0.2) is 19.2 Å². The first-order chi connectivity index (χ1) is 7.77. The highest BCUT2D eigenvalue weighted by Crippen LogP contribution is 2.39. The van der Waals surface area contributed by atoms with E-state index in [1.165, 1.54) is 16.7 Å². The summed E-state index contributed by atoms with van der Waals surface area (Å²) >= 11 is 6.24. The average molecular weight is 238 g/mol. The molecule has 2 heterocycles. The summed E-state index contributed by atoms with van der Waals surface area (Å²) in [5.41, 5.74) is 3.98. The lowest BCUT2D eigenvalue weighted by molar-refractivity contribution is -0.00698. The van der Waals surface area contributed by atoms with Crippen LogP contribution in [0.15, 0.2) is 12.1 Å². The van der Waals surface area contributed by atoms with Gasteiger partial charge in [0.15, 0.2) is 0 Å². The van der Waals surface area contributed by atoms with Crippen molar-refractivity contribution in [3.63, 3.8) is 0 Å². The number of piperidine rings is 1. The topological polar surface area (TPSA) is 21.3 Å². The van der Waals surface area contributed by atoms with Crippen molar-refractivity contribution in [1.29, 1.82) is 0 Å². The highest BCUT2D eigenvalue weighted by molar-refractivity contribution is 6.31. The summed E-state index contributed by atoms with van der Waals surface area (Å²) in [5, 5.41) is 4.30. The lowest BCUT2D eigenvalue weighted by Crippen LogP contribution is -2.42. The summed E-state index contributed by atoms with van der Waals surface area (Å²) in [5.74, 6) is 0.483. The molecule has 2 nitrogen and oxygen atoms in total. The smallest absolute Gasteiger partial charge is 0.0738 e. The van der Waals surface area contributed by atoms with E-state index in [0.717, 1.165) is 24.5 Å². The van der Waals surface area contributed by atoms with Gasteiger partial charge in [-0.1, -0.05) is 17.7 Å². The third kappa shape index (κ3) is 1.56. The monoisotopic (exact) mass is 237 g/mol. The van der Waals surface area contributed by atoms with Gasteiger partial charge < -0.3 is 10.1 Å². The zero-order valence-electron chi connectivity index (χ0n) is 9.42. The Morgan fingerprint density at radius 3 is 3.19 bits per heavy atom. The quantitative estimate of drug-likeness (QED) is 0.749. The van der Waals surface area contributed by atoms with Crippen LogP contribution in [0.5, 0.6) is 0 Å². The molecule has 0 saturated carbocycles. The summed E-state index contributed by atoms with van der Waals surface area (Å²) in [6.07, 6.45) is 1.49. The zero-order chi connectivity index (χ0) is 11.1. The number of ether oxygens (including phenoxy) is 1. The number of aryl methyl sites for hydroxylation is 1. The Balaban J connectivity index is 2.10. The Labute approximate surface area is 101 Å². The Kier molecular flexibility index (Phi) is 2.66. The molecule has 2 aliphatic rings. The van der Waals surface area contributed by atoms with E-state index >= 15 is 0 Å². The van der Waals surface area contributed by atoms with Gasteiger partial charge in [0.2, 0.25) is 0 Å². The van der Waals surface area contributed by atoms with Gasteiger partial charge >= 0.3 is 0 Å². The largest absolute Gasteiger partial charge is 0.373 e. The fourth-order valence-corrected chi connectivity index (χ4v) is 3.15. The minimum atomic E-state index is 0.380. The van der Waals surface area contributed by atoms with Crippen molar-refractivity contribution in [3.8, 4) is 0 Å². The number of hydrogen-bond acceptors (Lipinski definition) is 2. The van der Waals surface area contributed by atoms with Gasteiger partial charge in [-0.15, -0.1) is 0 Å². The van der Waals surface area contributed by atoms with E-state index in [4.69, 9.17) is 16.3 Å². The minimum Gasteiger partial charge on any atom is -0.373 e. The van der Waals surface area contributed by atoms with Crippen LogP contribution in [0.3, 0.4) is 0 Å². The van der Waals surface area contributed by atoms with Crippen molar-refractivity contribution in [2.75, 3.05) is 13.1 Å². The van der Waals surface area contributed by atoms with Gasteiger partial charge in [0.1, 0.15) is 0 Å². The van der Waals surface area contributed by atoms with Crippen LogP contribution in [0, 0.1) is 6.92 Å². The molecule has 16 heavy (non-hydrogen) atoms. The highest BCUT2D eigenvalue weighted by Gasteiger charge is 2.34. The fraction of sp³-hybridized carbons (Fsp3) is 0.538. The van der Waals surface area contributed by atoms with E-state index in [0.29, 0.717) is 18.6 Å². The predicted molar refractivity (Wildman–Crippen MR) is 65.0 cm³/mol. The number of halogens is 1. The van der Waals surface area contributed by atoms with E-state index in [2.05, 4.69) is 18.3 Å². The molecular formula is C13H16ClNO. The van der Waals surface area contributed by atoms with Crippen LogP contribution in [0.4, 0.5) is 0 Å². The van der Waals surface area contributed by atoms with E-state index in [9.17, 15) is 0 Å². The van der Waals surface area contributed by atoms with Gasteiger partial charge in [-0.05, 0) is 37.1 Å². The molecule has 1 N–H and O–H groups in total. The molecule has 1 aromatic rings. The van der Waals surface area contributed by atoms with Crippen molar-refractivity contribution < 1.29 is 4.74 Å². The first-order valence-electron chi connectivity index (χ1n) is 5.87. The maximum atomic E-state index is 6.24.